The Bertz CT molecular complexity index is 1330. The van der Waals surface area contributed by atoms with Crippen LogP contribution in [0.2, 0.25) is 0 Å². The maximum atomic E-state index is 13.1. The van der Waals surface area contributed by atoms with E-state index in [4.69, 9.17) is 10.8 Å². The van der Waals surface area contributed by atoms with Crippen molar-refractivity contribution in [2.75, 3.05) is 25.0 Å². The zero-order chi connectivity index (χ0) is 28.0. The number of fused-ring (bicyclic) bond motifs is 1. The molecule has 12 nitrogen and oxygen atoms in total. The Morgan fingerprint density at radius 1 is 1.08 bits per heavy atom. The first-order valence-corrected chi connectivity index (χ1v) is 14.1. The average Bonchev–Trinajstić information content (AvgIpc) is 3.24. The van der Waals surface area contributed by atoms with Crippen LogP contribution in [0.4, 0.5) is 5.00 Å². The van der Waals surface area contributed by atoms with Crippen molar-refractivity contribution in [1.29, 1.82) is 10.8 Å². The Hall–Kier alpha value is -3.46. The molecule has 2 heterocycles. The number of sulfonamides is 1. The highest BCUT2D eigenvalue weighted by Gasteiger charge is 2.30. The third kappa shape index (κ3) is 6.51. The summed E-state index contributed by atoms with van der Waals surface area (Å²) >= 11 is 1.30. The molecule has 2 aromatic rings. The predicted octanol–water partition coefficient (Wildman–Crippen LogP) is 1.84. The first-order valence-electron chi connectivity index (χ1n) is 11.8. The van der Waals surface area contributed by atoms with E-state index in [0.29, 0.717) is 29.6 Å². The molecular weight excluding hydrogens is 530 g/mol. The van der Waals surface area contributed by atoms with E-state index >= 15 is 0 Å². The van der Waals surface area contributed by atoms with Crippen molar-refractivity contribution in [3.05, 3.63) is 45.8 Å². The van der Waals surface area contributed by atoms with Crippen LogP contribution < -0.4 is 16.2 Å². The number of nitrogens with zero attached hydrogens (tertiary/aromatic N) is 2. The summed E-state index contributed by atoms with van der Waals surface area (Å²) in [5, 5.41) is 17.6. The van der Waals surface area contributed by atoms with Crippen molar-refractivity contribution in [3.8, 4) is 0 Å². The van der Waals surface area contributed by atoms with E-state index in [-0.39, 0.29) is 23.5 Å². The number of hydrogen-bond donors (Lipinski definition) is 5. The number of nitrogens with one attached hydrogen (secondary N) is 5. The van der Waals surface area contributed by atoms with Gasteiger partial charge in [0.1, 0.15) is 5.00 Å². The SMILES string of the molecule is CC(=O)NNC(=O)c1c(NC(=O)c2ccc(S(=O)(=O)N(CC=N)CC=N)cc2)sc2c1CCN(C(C)C)C2. The van der Waals surface area contributed by atoms with Crippen molar-refractivity contribution in [2.24, 2.45) is 0 Å². The van der Waals surface area contributed by atoms with Crippen LogP contribution in [0.15, 0.2) is 29.2 Å². The third-order valence-electron chi connectivity index (χ3n) is 5.97. The van der Waals surface area contributed by atoms with Gasteiger partial charge in [-0.15, -0.1) is 11.3 Å². The average molecular weight is 562 g/mol. The number of hydrazine groups is 1. The molecule has 38 heavy (non-hydrogen) atoms. The fourth-order valence-electron chi connectivity index (χ4n) is 3.98. The van der Waals surface area contributed by atoms with Crippen LogP contribution in [0, 0.1) is 10.8 Å². The van der Waals surface area contributed by atoms with E-state index in [1.54, 1.807) is 0 Å². The molecule has 0 bridgehead atoms. The zero-order valence-electron chi connectivity index (χ0n) is 21.3. The smallest absolute Gasteiger partial charge is 0.272 e. The summed E-state index contributed by atoms with van der Waals surface area (Å²) in [6.07, 6.45) is 2.48. The number of carbonyl (C=O) groups is 3. The van der Waals surface area contributed by atoms with Crippen molar-refractivity contribution in [2.45, 2.75) is 44.7 Å². The van der Waals surface area contributed by atoms with Gasteiger partial charge in [-0.3, -0.25) is 30.1 Å². The summed E-state index contributed by atoms with van der Waals surface area (Å²) in [6.45, 7) is 6.46. The van der Waals surface area contributed by atoms with Gasteiger partial charge in [0.2, 0.25) is 15.9 Å². The molecule has 0 unspecified atom stereocenters. The molecule has 3 rings (SSSR count). The van der Waals surface area contributed by atoms with Crippen LogP contribution in [0.3, 0.4) is 0 Å². The van der Waals surface area contributed by atoms with Gasteiger partial charge in [0.25, 0.3) is 11.8 Å². The Kier molecular flexibility index (Phi) is 9.49. The number of hydrogen-bond acceptors (Lipinski definition) is 9. The second-order valence-corrected chi connectivity index (χ2v) is 11.9. The van der Waals surface area contributed by atoms with E-state index in [2.05, 4.69) is 34.9 Å². The topological polar surface area (TPSA) is 176 Å². The van der Waals surface area contributed by atoms with E-state index in [1.165, 1.54) is 42.5 Å². The highest BCUT2D eigenvalue weighted by atomic mass is 32.2. The molecule has 1 aromatic heterocycles. The van der Waals surface area contributed by atoms with Gasteiger partial charge < -0.3 is 16.1 Å². The Morgan fingerprint density at radius 2 is 1.71 bits per heavy atom. The van der Waals surface area contributed by atoms with Crippen molar-refractivity contribution in [3.63, 3.8) is 0 Å². The van der Waals surface area contributed by atoms with E-state index in [9.17, 15) is 22.8 Å². The Labute approximate surface area is 225 Å². The summed E-state index contributed by atoms with van der Waals surface area (Å²) in [6, 6.07) is 5.61. The van der Waals surface area contributed by atoms with E-state index in [1.807, 2.05) is 0 Å². The lowest BCUT2D eigenvalue weighted by atomic mass is 10.0. The van der Waals surface area contributed by atoms with Crippen molar-refractivity contribution in [1.82, 2.24) is 20.1 Å². The molecule has 5 N–H and O–H groups in total. The number of anilines is 1. The lowest BCUT2D eigenvalue weighted by Crippen LogP contribution is -2.41. The number of thiophene rings is 1. The van der Waals surface area contributed by atoms with Crippen LogP contribution in [0.25, 0.3) is 0 Å². The van der Waals surface area contributed by atoms with Crippen LogP contribution in [-0.4, -0.2) is 73.4 Å². The monoisotopic (exact) mass is 561 g/mol. The van der Waals surface area contributed by atoms with Crippen LogP contribution in [0.5, 0.6) is 0 Å². The van der Waals surface area contributed by atoms with Gasteiger partial charge in [0.05, 0.1) is 10.5 Å². The fraction of sp³-hybridized carbons (Fsp3) is 0.375. The molecule has 0 saturated carbocycles. The van der Waals surface area contributed by atoms with Gasteiger partial charge in [-0.1, -0.05) is 0 Å². The Morgan fingerprint density at radius 3 is 2.26 bits per heavy atom. The van der Waals surface area contributed by atoms with Crippen LogP contribution >= 0.6 is 11.3 Å². The van der Waals surface area contributed by atoms with Gasteiger partial charge in [-0.05, 0) is 50.1 Å². The molecule has 1 aliphatic rings. The third-order valence-corrected chi connectivity index (χ3v) is 8.95. The van der Waals surface area contributed by atoms with E-state index < -0.39 is 27.7 Å². The molecule has 3 amide bonds. The largest absolute Gasteiger partial charge is 0.313 e. The number of amides is 3. The second kappa shape index (κ2) is 12.4. The Balaban J connectivity index is 1.88. The lowest BCUT2D eigenvalue weighted by Gasteiger charge is -2.30. The van der Waals surface area contributed by atoms with Crippen molar-refractivity contribution < 1.29 is 22.8 Å². The van der Waals surface area contributed by atoms with E-state index in [0.717, 1.165) is 33.7 Å². The molecule has 204 valence electrons. The summed E-state index contributed by atoms with van der Waals surface area (Å²) in [4.78, 5) is 40.5. The van der Waals surface area contributed by atoms with Crippen LogP contribution in [-0.2, 0) is 27.8 Å². The number of benzene rings is 1. The van der Waals surface area contributed by atoms with Gasteiger partial charge in [0, 0.05) is 62.0 Å². The van der Waals surface area contributed by atoms with Gasteiger partial charge in [-0.2, -0.15) is 4.31 Å². The summed E-state index contributed by atoms with van der Waals surface area (Å²) in [5.74, 6) is -1.50. The van der Waals surface area contributed by atoms with Gasteiger partial charge in [-0.25, -0.2) is 8.42 Å². The molecule has 0 atom stereocenters. The summed E-state index contributed by atoms with van der Waals surface area (Å²) in [5.41, 5.74) is 5.96. The molecule has 0 spiro atoms. The lowest BCUT2D eigenvalue weighted by molar-refractivity contribution is -0.119. The first-order chi connectivity index (χ1) is 18.0. The molecule has 14 heteroatoms. The highest BCUT2D eigenvalue weighted by molar-refractivity contribution is 7.89. The fourth-order valence-corrected chi connectivity index (χ4v) is 6.56. The molecule has 0 aliphatic carbocycles. The minimum atomic E-state index is -3.96. The van der Waals surface area contributed by atoms with Crippen LogP contribution in [0.1, 0.15) is 51.9 Å². The number of carbonyl (C=O) groups excluding carboxylic acids is 3. The highest BCUT2D eigenvalue weighted by Crippen LogP contribution is 2.38. The van der Waals surface area contributed by atoms with Gasteiger partial charge in [0.15, 0.2) is 0 Å². The zero-order valence-corrected chi connectivity index (χ0v) is 23.0. The minimum Gasteiger partial charge on any atom is -0.313 e. The minimum absolute atomic E-state index is 0.0755. The van der Waals surface area contributed by atoms with Crippen molar-refractivity contribution >= 4 is 56.5 Å². The van der Waals surface area contributed by atoms with Gasteiger partial charge >= 0.3 is 0 Å². The quantitative estimate of drug-likeness (QED) is 0.218. The molecule has 0 radical (unpaired) electrons. The maximum absolute atomic E-state index is 13.1. The molecule has 0 saturated heterocycles. The summed E-state index contributed by atoms with van der Waals surface area (Å²) < 4.78 is 26.7. The first kappa shape index (κ1) is 29.1. The molecule has 1 aromatic carbocycles. The standard InChI is InChI=1S/C24H31N7O5S2/c1-15(2)30-11-8-19-20(14-30)37-24(21(19)23(34)29-28-16(3)32)27-22(33)17-4-6-18(7-5-17)38(35,36)31(12-9-25)13-10-26/h4-7,9-10,15,25-26H,8,11-14H2,1-3H3,(H,27,33)(H,28,32)(H,29,34). The second-order valence-electron chi connectivity index (χ2n) is 8.87. The number of rotatable bonds is 10. The predicted molar refractivity (Wildman–Crippen MR) is 146 cm³/mol. The molecule has 1 aliphatic heterocycles. The molecule has 0 fully saturated rings. The molecular formula is C24H31N7O5S2. The normalized spacial score (nSPS) is 13.6. The maximum Gasteiger partial charge on any atom is 0.272 e. The summed E-state index contributed by atoms with van der Waals surface area (Å²) in [7, 11) is -3.96.